The molecule has 0 amide bonds. The molecular weight excluding hydrogens is 312 g/mol. The molecule has 2 aromatic rings. The second-order valence-corrected chi connectivity index (χ2v) is 5.12. The maximum absolute atomic E-state index is 12.0. The summed E-state index contributed by atoms with van der Waals surface area (Å²) in [4.78, 5) is 24.1. The number of ether oxygens (including phenoxy) is 4. The van der Waals surface area contributed by atoms with Gasteiger partial charge in [-0.05, 0) is 36.4 Å². The number of carbonyl (C=O) groups is 2. The number of benzene rings is 2. The second-order valence-electron chi connectivity index (χ2n) is 5.12. The monoisotopic (exact) mass is 328 g/mol. The van der Waals surface area contributed by atoms with Crippen LogP contribution in [0.2, 0.25) is 0 Å². The summed E-state index contributed by atoms with van der Waals surface area (Å²) < 4.78 is 21.1. The Morgan fingerprint density at radius 1 is 1.08 bits per heavy atom. The second kappa shape index (κ2) is 7.04. The lowest BCUT2D eigenvalue weighted by Gasteiger charge is -2.24. The minimum absolute atomic E-state index is 0.0482. The molecule has 0 aromatic heterocycles. The Kier molecular flexibility index (Phi) is 4.65. The Bertz CT molecular complexity index is 737. The number of rotatable bonds is 5. The molecule has 1 aliphatic rings. The van der Waals surface area contributed by atoms with Crippen LogP contribution in [0.5, 0.6) is 17.2 Å². The van der Waals surface area contributed by atoms with Gasteiger partial charge in [-0.1, -0.05) is 12.1 Å². The Hall–Kier alpha value is -3.02. The number of fused-ring (bicyclic) bond motifs is 1. The molecule has 1 aliphatic heterocycles. The molecule has 6 nitrogen and oxygen atoms in total. The van der Waals surface area contributed by atoms with Gasteiger partial charge in [0.2, 0.25) is 6.10 Å². The van der Waals surface area contributed by atoms with Crippen LogP contribution in [0.4, 0.5) is 0 Å². The zero-order valence-corrected chi connectivity index (χ0v) is 13.1. The summed E-state index contributed by atoms with van der Waals surface area (Å²) in [5.74, 6) is 0.771. The topological polar surface area (TPSA) is 71.1 Å². The van der Waals surface area contributed by atoms with Crippen molar-refractivity contribution >= 4 is 11.8 Å². The lowest BCUT2D eigenvalue weighted by atomic mass is 10.1. The maximum atomic E-state index is 12.0. The zero-order chi connectivity index (χ0) is 16.9. The molecule has 24 heavy (non-hydrogen) atoms. The van der Waals surface area contributed by atoms with Crippen LogP contribution in [0.15, 0.2) is 48.5 Å². The highest BCUT2D eigenvalue weighted by atomic mass is 16.6. The van der Waals surface area contributed by atoms with Crippen LogP contribution in [-0.2, 0) is 9.53 Å². The Balaban J connectivity index is 1.55. The van der Waals surface area contributed by atoms with Gasteiger partial charge in [-0.2, -0.15) is 0 Å². The van der Waals surface area contributed by atoms with E-state index in [4.69, 9.17) is 18.9 Å². The van der Waals surface area contributed by atoms with Gasteiger partial charge >= 0.3 is 5.97 Å². The highest BCUT2D eigenvalue weighted by molar-refractivity contribution is 5.98. The fourth-order valence-electron chi connectivity index (χ4n) is 2.23. The van der Waals surface area contributed by atoms with Crippen molar-refractivity contribution in [3.8, 4) is 17.2 Å². The average Bonchev–Trinajstić information content (AvgIpc) is 2.65. The molecule has 0 saturated carbocycles. The fraction of sp³-hybridized carbons (Fsp3) is 0.222. The summed E-state index contributed by atoms with van der Waals surface area (Å²) in [5.41, 5.74) is 0.440. The van der Waals surface area contributed by atoms with E-state index < -0.39 is 12.1 Å². The average molecular weight is 328 g/mol. The molecule has 0 fully saturated rings. The van der Waals surface area contributed by atoms with Crippen molar-refractivity contribution in [2.75, 3.05) is 20.3 Å². The highest BCUT2D eigenvalue weighted by Crippen LogP contribution is 2.31. The van der Waals surface area contributed by atoms with E-state index in [2.05, 4.69) is 0 Å². The SMILES string of the molecule is COc1ccc(C(=O)COC(=O)[C@H]2COc3ccccc3O2)cc1. The normalized spacial score (nSPS) is 15.5. The molecule has 1 atom stereocenters. The predicted octanol–water partition coefficient (Wildman–Crippen LogP) is 2.26. The third-order valence-electron chi connectivity index (χ3n) is 3.53. The summed E-state index contributed by atoms with van der Waals surface area (Å²) in [6.07, 6.45) is -0.886. The number of esters is 1. The van der Waals surface area contributed by atoms with Crippen LogP contribution < -0.4 is 14.2 Å². The van der Waals surface area contributed by atoms with E-state index in [9.17, 15) is 9.59 Å². The first-order chi connectivity index (χ1) is 11.7. The number of ketones is 1. The smallest absolute Gasteiger partial charge is 0.351 e. The van der Waals surface area contributed by atoms with Crippen molar-refractivity contribution in [3.63, 3.8) is 0 Å². The minimum Gasteiger partial charge on any atom is -0.497 e. The molecule has 0 radical (unpaired) electrons. The van der Waals surface area contributed by atoms with Gasteiger partial charge < -0.3 is 18.9 Å². The molecule has 2 aromatic carbocycles. The van der Waals surface area contributed by atoms with Gasteiger partial charge in [0, 0.05) is 5.56 Å². The van der Waals surface area contributed by atoms with Crippen molar-refractivity contribution in [1.82, 2.24) is 0 Å². The highest BCUT2D eigenvalue weighted by Gasteiger charge is 2.29. The zero-order valence-electron chi connectivity index (χ0n) is 13.1. The number of para-hydroxylation sites is 2. The molecule has 0 aliphatic carbocycles. The van der Waals surface area contributed by atoms with E-state index in [-0.39, 0.29) is 19.0 Å². The van der Waals surface area contributed by atoms with E-state index in [1.165, 1.54) is 0 Å². The molecule has 6 heteroatoms. The van der Waals surface area contributed by atoms with Crippen LogP contribution in [0.25, 0.3) is 0 Å². The molecule has 1 heterocycles. The molecule has 0 unspecified atom stereocenters. The largest absolute Gasteiger partial charge is 0.497 e. The number of Topliss-reactive ketones (excluding diaryl/α,β-unsaturated/α-hetero) is 1. The van der Waals surface area contributed by atoms with Crippen molar-refractivity contribution in [3.05, 3.63) is 54.1 Å². The predicted molar refractivity (Wildman–Crippen MR) is 84.6 cm³/mol. The van der Waals surface area contributed by atoms with E-state index in [0.29, 0.717) is 22.8 Å². The number of carbonyl (C=O) groups excluding carboxylic acids is 2. The fourth-order valence-corrected chi connectivity index (χ4v) is 2.23. The molecule has 0 spiro atoms. The first kappa shape index (κ1) is 15.9. The van der Waals surface area contributed by atoms with Gasteiger partial charge in [0.05, 0.1) is 7.11 Å². The van der Waals surface area contributed by atoms with Crippen LogP contribution in [0.1, 0.15) is 10.4 Å². The van der Waals surface area contributed by atoms with E-state index in [1.807, 2.05) is 6.07 Å². The van der Waals surface area contributed by atoms with Crippen LogP contribution in [0.3, 0.4) is 0 Å². The standard InChI is InChI=1S/C18H16O6/c1-21-13-8-6-12(7-9-13)14(19)10-23-18(20)17-11-22-15-4-2-3-5-16(15)24-17/h2-9,17H,10-11H2,1H3/t17-/m1/s1. The third kappa shape index (κ3) is 3.48. The summed E-state index contributed by atoms with van der Waals surface area (Å²) >= 11 is 0. The first-order valence-electron chi connectivity index (χ1n) is 7.40. The summed E-state index contributed by atoms with van der Waals surface area (Å²) in [6, 6.07) is 13.6. The van der Waals surface area contributed by atoms with Gasteiger partial charge in [0.15, 0.2) is 23.9 Å². The van der Waals surface area contributed by atoms with Crippen molar-refractivity contribution in [2.24, 2.45) is 0 Å². The van der Waals surface area contributed by atoms with Crippen LogP contribution in [-0.4, -0.2) is 38.2 Å². The quantitative estimate of drug-likeness (QED) is 0.619. The Morgan fingerprint density at radius 2 is 1.79 bits per heavy atom. The van der Waals surface area contributed by atoms with Gasteiger partial charge in [-0.15, -0.1) is 0 Å². The lowest BCUT2D eigenvalue weighted by molar-refractivity contribution is -0.153. The third-order valence-corrected chi connectivity index (χ3v) is 3.53. The maximum Gasteiger partial charge on any atom is 0.351 e. The number of methoxy groups -OCH3 is 1. The van der Waals surface area contributed by atoms with E-state index in [1.54, 1.807) is 49.6 Å². The summed E-state index contributed by atoms with van der Waals surface area (Å²) in [6.45, 7) is -0.306. The molecule has 124 valence electrons. The van der Waals surface area contributed by atoms with Crippen LogP contribution >= 0.6 is 0 Å². The lowest BCUT2D eigenvalue weighted by Crippen LogP contribution is -2.38. The number of hydrogen-bond donors (Lipinski definition) is 0. The summed E-state index contributed by atoms with van der Waals surface area (Å²) in [5, 5.41) is 0. The molecule has 3 rings (SSSR count). The molecule has 0 bridgehead atoms. The van der Waals surface area contributed by atoms with Gasteiger partial charge in [0.1, 0.15) is 12.4 Å². The van der Waals surface area contributed by atoms with Gasteiger partial charge in [-0.3, -0.25) is 4.79 Å². The minimum atomic E-state index is -0.886. The Labute approximate surface area is 138 Å². The first-order valence-corrected chi connectivity index (χ1v) is 7.40. The van der Waals surface area contributed by atoms with Crippen LogP contribution in [0, 0.1) is 0 Å². The van der Waals surface area contributed by atoms with E-state index in [0.717, 1.165) is 0 Å². The molecule has 0 N–H and O–H groups in total. The van der Waals surface area contributed by atoms with Gasteiger partial charge in [0.25, 0.3) is 0 Å². The van der Waals surface area contributed by atoms with Gasteiger partial charge in [-0.25, -0.2) is 4.79 Å². The van der Waals surface area contributed by atoms with Crippen molar-refractivity contribution < 1.29 is 28.5 Å². The van der Waals surface area contributed by atoms with Crippen molar-refractivity contribution in [1.29, 1.82) is 0 Å². The molecule has 0 saturated heterocycles. The molecular formula is C18H16O6. The van der Waals surface area contributed by atoms with Crippen molar-refractivity contribution in [2.45, 2.75) is 6.10 Å². The number of hydrogen-bond acceptors (Lipinski definition) is 6. The summed E-state index contributed by atoms with van der Waals surface area (Å²) in [7, 11) is 1.54. The Morgan fingerprint density at radius 3 is 2.50 bits per heavy atom. The van der Waals surface area contributed by atoms with E-state index >= 15 is 0 Å².